The van der Waals surface area contributed by atoms with Gasteiger partial charge in [-0.15, -0.1) is 0 Å². The van der Waals surface area contributed by atoms with E-state index in [1.165, 1.54) is 44.9 Å². The standard InChI is InChI=1S/C40H60N4O7/c1-40(2,3)51-39(48)44-35(30-49-28-32-20-11-7-12-21-32)37(46)43-34(36(45)41-27-17-24-31-18-9-5-4-6-10-19-31)25-15-16-26-42-38(47)50-29-33-22-13-8-14-23-33/h7-8,11-14,20-23,31,34-35H,4-6,9-10,15-19,24-30H2,1-3H3,(H,41,45)(H,42,47)(H,43,46)(H,44,48)/t34-,35-/m0/s1. The Labute approximate surface area is 304 Å². The maximum Gasteiger partial charge on any atom is 0.408 e. The van der Waals surface area contributed by atoms with Crippen LogP contribution in [0.4, 0.5) is 9.59 Å². The van der Waals surface area contributed by atoms with Gasteiger partial charge in [0.15, 0.2) is 0 Å². The van der Waals surface area contributed by atoms with Gasteiger partial charge in [-0.25, -0.2) is 9.59 Å². The molecule has 0 unspecified atom stereocenters. The van der Waals surface area contributed by atoms with Gasteiger partial charge in [0.05, 0.1) is 13.2 Å². The Balaban J connectivity index is 1.56. The van der Waals surface area contributed by atoms with Crippen molar-refractivity contribution in [3.63, 3.8) is 0 Å². The first-order valence-electron chi connectivity index (χ1n) is 18.7. The largest absolute Gasteiger partial charge is 0.445 e. The highest BCUT2D eigenvalue weighted by Crippen LogP contribution is 2.25. The molecule has 4 amide bonds. The molecule has 0 aromatic heterocycles. The minimum absolute atomic E-state index is 0.120. The van der Waals surface area contributed by atoms with Crippen molar-refractivity contribution in [2.45, 2.75) is 129 Å². The summed E-state index contributed by atoms with van der Waals surface area (Å²) in [5.74, 6) is -0.135. The number of carbonyl (C=O) groups is 4. The summed E-state index contributed by atoms with van der Waals surface area (Å²) in [5, 5.41) is 11.3. The molecular weight excluding hydrogens is 648 g/mol. The van der Waals surface area contributed by atoms with Crippen LogP contribution in [0.2, 0.25) is 0 Å². The lowest BCUT2D eigenvalue weighted by Gasteiger charge is -2.25. The van der Waals surface area contributed by atoms with Crippen molar-refractivity contribution in [1.29, 1.82) is 0 Å². The van der Waals surface area contributed by atoms with Crippen LogP contribution in [0.1, 0.15) is 109 Å². The fourth-order valence-corrected chi connectivity index (χ4v) is 6.04. The Morgan fingerprint density at radius 2 is 1.29 bits per heavy atom. The molecule has 0 spiro atoms. The van der Waals surface area contributed by atoms with E-state index in [0.717, 1.165) is 24.0 Å². The van der Waals surface area contributed by atoms with Gasteiger partial charge in [-0.05, 0) is 69.9 Å². The first-order valence-corrected chi connectivity index (χ1v) is 18.7. The fraction of sp³-hybridized carbons (Fsp3) is 0.600. The van der Waals surface area contributed by atoms with Crippen molar-refractivity contribution in [2.75, 3.05) is 19.7 Å². The molecule has 0 aliphatic heterocycles. The molecule has 4 N–H and O–H groups in total. The zero-order valence-electron chi connectivity index (χ0n) is 30.9. The lowest BCUT2D eigenvalue weighted by atomic mass is 9.88. The van der Waals surface area contributed by atoms with E-state index in [4.69, 9.17) is 14.2 Å². The smallest absolute Gasteiger partial charge is 0.408 e. The third-order valence-corrected chi connectivity index (χ3v) is 8.75. The molecule has 3 rings (SSSR count). The number of alkyl carbamates (subject to hydrolysis) is 2. The molecule has 2 atom stereocenters. The van der Waals surface area contributed by atoms with E-state index in [1.807, 2.05) is 60.7 Å². The second-order valence-electron chi connectivity index (χ2n) is 14.4. The predicted octanol–water partition coefficient (Wildman–Crippen LogP) is 6.93. The van der Waals surface area contributed by atoms with Gasteiger partial charge >= 0.3 is 12.2 Å². The molecule has 0 saturated heterocycles. The molecule has 51 heavy (non-hydrogen) atoms. The molecule has 1 aliphatic carbocycles. The van der Waals surface area contributed by atoms with E-state index in [-0.39, 0.29) is 25.7 Å². The zero-order valence-corrected chi connectivity index (χ0v) is 30.9. The highest BCUT2D eigenvalue weighted by Gasteiger charge is 2.29. The number of nitrogens with one attached hydrogen (secondary N) is 4. The molecule has 1 fully saturated rings. The summed E-state index contributed by atoms with van der Waals surface area (Å²) in [6, 6.07) is 17.0. The number of benzene rings is 2. The summed E-state index contributed by atoms with van der Waals surface area (Å²) in [6.07, 6.45) is 11.1. The van der Waals surface area contributed by atoms with E-state index < -0.39 is 35.8 Å². The average molecular weight is 709 g/mol. The van der Waals surface area contributed by atoms with Gasteiger partial charge in [-0.3, -0.25) is 9.59 Å². The van der Waals surface area contributed by atoms with Gasteiger partial charge in [0.2, 0.25) is 11.8 Å². The van der Waals surface area contributed by atoms with Crippen LogP contribution in [-0.2, 0) is 37.0 Å². The third kappa shape index (κ3) is 18.6. The number of rotatable bonds is 19. The summed E-state index contributed by atoms with van der Waals surface area (Å²) < 4.78 is 16.5. The van der Waals surface area contributed by atoms with Crippen LogP contribution in [-0.4, -0.2) is 61.4 Å². The summed E-state index contributed by atoms with van der Waals surface area (Å²) in [6.45, 7) is 6.39. The summed E-state index contributed by atoms with van der Waals surface area (Å²) >= 11 is 0. The maximum atomic E-state index is 13.7. The average Bonchev–Trinajstić information content (AvgIpc) is 3.08. The van der Waals surface area contributed by atoms with Crippen molar-refractivity contribution >= 4 is 24.0 Å². The number of carbonyl (C=O) groups excluding carboxylic acids is 4. The second-order valence-corrected chi connectivity index (χ2v) is 14.4. The third-order valence-electron chi connectivity index (χ3n) is 8.75. The Kier molecular flexibility index (Phi) is 18.9. The highest BCUT2D eigenvalue weighted by atomic mass is 16.6. The molecule has 11 heteroatoms. The molecule has 1 saturated carbocycles. The van der Waals surface area contributed by atoms with Crippen LogP contribution in [0.3, 0.4) is 0 Å². The van der Waals surface area contributed by atoms with Crippen molar-refractivity contribution in [2.24, 2.45) is 5.92 Å². The van der Waals surface area contributed by atoms with E-state index >= 15 is 0 Å². The van der Waals surface area contributed by atoms with Crippen molar-refractivity contribution in [3.05, 3.63) is 71.8 Å². The van der Waals surface area contributed by atoms with Crippen LogP contribution >= 0.6 is 0 Å². The fourth-order valence-electron chi connectivity index (χ4n) is 6.04. The monoisotopic (exact) mass is 708 g/mol. The SMILES string of the molecule is CC(C)(C)OC(=O)N[C@@H](COCc1ccccc1)C(=O)N[C@@H](CCCCNC(=O)OCc1ccccc1)C(=O)NCCCC1CCCCCCC1. The number of hydrogen-bond donors (Lipinski definition) is 4. The molecule has 2 aromatic rings. The van der Waals surface area contributed by atoms with Gasteiger partial charge in [-0.2, -0.15) is 0 Å². The highest BCUT2D eigenvalue weighted by molar-refractivity contribution is 5.91. The second kappa shape index (κ2) is 23.4. The Hall–Kier alpha value is -4.12. The van der Waals surface area contributed by atoms with Crippen LogP contribution in [0.5, 0.6) is 0 Å². The Bertz CT molecular complexity index is 1290. The van der Waals surface area contributed by atoms with Crippen molar-refractivity contribution < 1.29 is 33.4 Å². The first-order chi connectivity index (χ1) is 24.6. The van der Waals surface area contributed by atoms with Crippen LogP contribution in [0.15, 0.2) is 60.7 Å². The van der Waals surface area contributed by atoms with Crippen LogP contribution < -0.4 is 21.3 Å². The van der Waals surface area contributed by atoms with Crippen molar-refractivity contribution in [1.82, 2.24) is 21.3 Å². The molecule has 1 aliphatic rings. The van der Waals surface area contributed by atoms with Gasteiger partial charge < -0.3 is 35.5 Å². The maximum absolute atomic E-state index is 13.7. The quantitative estimate of drug-likeness (QED) is 0.116. The molecule has 0 heterocycles. The molecule has 0 bridgehead atoms. The molecule has 0 radical (unpaired) electrons. The lowest BCUT2D eigenvalue weighted by molar-refractivity contribution is -0.131. The van der Waals surface area contributed by atoms with Gasteiger partial charge in [0.1, 0.15) is 24.3 Å². The van der Waals surface area contributed by atoms with E-state index in [0.29, 0.717) is 38.3 Å². The van der Waals surface area contributed by atoms with E-state index in [1.54, 1.807) is 20.8 Å². The summed E-state index contributed by atoms with van der Waals surface area (Å²) in [4.78, 5) is 52.0. The number of unbranched alkanes of at least 4 members (excludes halogenated alkanes) is 1. The molecule has 282 valence electrons. The zero-order chi connectivity index (χ0) is 36.7. The Morgan fingerprint density at radius 3 is 1.94 bits per heavy atom. The van der Waals surface area contributed by atoms with Gasteiger partial charge in [0, 0.05) is 13.1 Å². The van der Waals surface area contributed by atoms with Gasteiger partial charge in [0.25, 0.3) is 0 Å². The first kappa shape index (κ1) is 41.3. The number of amides is 4. The van der Waals surface area contributed by atoms with E-state index in [2.05, 4.69) is 21.3 Å². The van der Waals surface area contributed by atoms with Crippen LogP contribution in [0, 0.1) is 5.92 Å². The molecule has 2 aromatic carbocycles. The van der Waals surface area contributed by atoms with Crippen molar-refractivity contribution in [3.8, 4) is 0 Å². The minimum atomic E-state index is -1.10. The summed E-state index contributed by atoms with van der Waals surface area (Å²) in [5.41, 5.74) is 1.05. The topological polar surface area (TPSA) is 144 Å². The number of hydrogen-bond acceptors (Lipinski definition) is 7. The Morgan fingerprint density at radius 1 is 0.686 bits per heavy atom. The normalized spacial score (nSPS) is 15.0. The van der Waals surface area contributed by atoms with Crippen LogP contribution in [0.25, 0.3) is 0 Å². The predicted molar refractivity (Wildman–Crippen MR) is 198 cm³/mol. The summed E-state index contributed by atoms with van der Waals surface area (Å²) in [7, 11) is 0. The molecule has 11 nitrogen and oxygen atoms in total. The lowest BCUT2D eigenvalue weighted by Crippen LogP contribution is -2.55. The number of ether oxygens (including phenoxy) is 3. The molecular formula is C40H60N4O7. The van der Waals surface area contributed by atoms with Gasteiger partial charge in [-0.1, -0.05) is 106 Å². The van der Waals surface area contributed by atoms with E-state index in [9.17, 15) is 19.2 Å². The minimum Gasteiger partial charge on any atom is -0.445 e.